The summed E-state index contributed by atoms with van der Waals surface area (Å²) in [6.07, 6.45) is 2.76. The number of hydrogen-bond acceptors (Lipinski definition) is 4. The second-order valence-corrected chi connectivity index (χ2v) is 8.67. The predicted molar refractivity (Wildman–Crippen MR) is 133 cm³/mol. The molecule has 1 heterocycles. The molecule has 6 nitrogen and oxygen atoms in total. The normalized spacial score (nSPS) is 11.2. The lowest BCUT2D eigenvalue weighted by molar-refractivity contribution is -0.121. The van der Waals surface area contributed by atoms with E-state index in [1.165, 1.54) is 4.57 Å². The third-order valence-corrected chi connectivity index (χ3v) is 5.92. The Hall–Kier alpha value is -3.03. The Balaban J connectivity index is 1.74. The molecule has 7 heteroatoms. The molecule has 0 atom stereocenters. The molecular formula is C25H25BrN4O2. The van der Waals surface area contributed by atoms with Crippen molar-refractivity contribution in [3.8, 4) is 11.4 Å². The van der Waals surface area contributed by atoms with Crippen molar-refractivity contribution in [2.45, 2.75) is 25.8 Å². The van der Waals surface area contributed by atoms with Gasteiger partial charge in [0.1, 0.15) is 12.4 Å². The van der Waals surface area contributed by atoms with E-state index in [1.807, 2.05) is 54.6 Å². The first-order valence-electron chi connectivity index (χ1n) is 10.7. The highest BCUT2D eigenvalue weighted by Gasteiger charge is 2.16. The van der Waals surface area contributed by atoms with E-state index >= 15 is 0 Å². The number of nitrogens with two attached hydrogens (primary N) is 1. The monoisotopic (exact) mass is 492 g/mol. The maximum absolute atomic E-state index is 13.4. The van der Waals surface area contributed by atoms with Gasteiger partial charge in [0.25, 0.3) is 5.56 Å². The molecule has 0 spiro atoms. The number of nitrogens with one attached hydrogen (secondary N) is 1. The summed E-state index contributed by atoms with van der Waals surface area (Å²) in [6.45, 7) is 1.12. The molecule has 0 saturated carbocycles. The highest BCUT2D eigenvalue weighted by Crippen LogP contribution is 2.25. The summed E-state index contributed by atoms with van der Waals surface area (Å²) in [5, 5.41) is 5.53. The van der Waals surface area contributed by atoms with E-state index in [9.17, 15) is 9.59 Å². The molecule has 1 amide bonds. The van der Waals surface area contributed by atoms with Crippen LogP contribution in [0.4, 0.5) is 0 Å². The van der Waals surface area contributed by atoms with Gasteiger partial charge in [-0.1, -0.05) is 58.7 Å². The summed E-state index contributed by atoms with van der Waals surface area (Å²) in [4.78, 5) is 30.8. The van der Waals surface area contributed by atoms with Gasteiger partial charge in [-0.15, -0.1) is 0 Å². The Morgan fingerprint density at radius 1 is 1.00 bits per heavy atom. The maximum atomic E-state index is 13.4. The summed E-state index contributed by atoms with van der Waals surface area (Å²) >= 11 is 3.42. The van der Waals surface area contributed by atoms with Crippen molar-refractivity contribution in [2.75, 3.05) is 13.1 Å². The highest BCUT2D eigenvalue weighted by molar-refractivity contribution is 9.10. The average molecular weight is 493 g/mol. The zero-order valence-electron chi connectivity index (χ0n) is 17.7. The Labute approximate surface area is 194 Å². The second kappa shape index (κ2) is 10.1. The number of halogens is 1. The van der Waals surface area contributed by atoms with Crippen molar-refractivity contribution in [2.24, 2.45) is 5.73 Å². The third-order valence-electron chi connectivity index (χ3n) is 5.43. The summed E-state index contributed by atoms with van der Waals surface area (Å²) in [5.41, 5.74) is 6.67. The second-order valence-electron chi connectivity index (χ2n) is 7.75. The molecule has 3 N–H and O–H groups in total. The molecule has 0 aliphatic rings. The number of nitrogens with zero attached hydrogens (tertiary/aromatic N) is 2. The van der Waals surface area contributed by atoms with Gasteiger partial charge in [-0.3, -0.25) is 14.2 Å². The van der Waals surface area contributed by atoms with Crippen molar-refractivity contribution in [1.82, 2.24) is 14.9 Å². The van der Waals surface area contributed by atoms with Crippen LogP contribution in [0.5, 0.6) is 0 Å². The van der Waals surface area contributed by atoms with E-state index < -0.39 is 0 Å². The maximum Gasteiger partial charge on any atom is 0.262 e. The van der Waals surface area contributed by atoms with Crippen LogP contribution >= 0.6 is 15.9 Å². The molecule has 0 bridgehead atoms. The lowest BCUT2D eigenvalue weighted by Gasteiger charge is -2.14. The first-order chi connectivity index (χ1) is 15.6. The minimum Gasteiger partial charge on any atom is -0.355 e. The summed E-state index contributed by atoms with van der Waals surface area (Å²) < 4.78 is 2.26. The number of aromatic nitrogens is 2. The van der Waals surface area contributed by atoms with Gasteiger partial charge in [-0.2, -0.15) is 0 Å². The number of carbonyl (C=O) groups excluding carboxylic acids is 1. The summed E-state index contributed by atoms with van der Waals surface area (Å²) in [6, 6.07) is 19.4. The van der Waals surface area contributed by atoms with Gasteiger partial charge in [0.05, 0.1) is 10.9 Å². The number of unbranched alkanes of at least 4 members (excludes halogenated alkanes) is 2. The minimum atomic E-state index is -0.238. The van der Waals surface area contributed by atoms with Gasteiger partial charge in [0.2, 0.25) is 5.91 Å². The van der Waals surface area contributed by atoms with E-state index in [-0.39, 0.29) is 18.0 Å². The van der Waals surface area contributed by atoms with Crippen LogP contribution in [0.25, 0.3) is 33.1 Å². The Morgan fingerprint density at radius 3 is 2.62 bits per heavy atom. The molecule has 0 fully saturated rings. The lowest BCUT2D eigenvalue weighted by atomic mass is 10.1. The Kier molecular flexibility index (Phi) is 6.97. The van der Waals surface area contributed by atoms with E-state index in [2.05, 4.69) is 21.2 Å². The summed E-state index contributed by atoms with van der Waals surface area (Å²) in [7, 11) is 0. The van der Waals surface area contributed by atoms with E-state index in [1.54, 1.807) is 6.07 Å². The molecule has 4 rings (SSSR count). The first-order valence-corrected chi connectivity index (χ1v) is 11.5. The van der Waals surface area contributed by atoms with Crippen LogP contribution in [0.3, 0.4) is 0 Å². The number of fused-ring (bicyclic) bond motifs is 2. The smallest absolute Gasteiger partial charge is 0.262 e. The SMILES string of the molecule is NCCCCCNC(=O)Cn1c(-c2ccc3ccccc3c2)nc2ccc(Br)cc2c1=O. The lowest BCUT2D eigenvalue weighted by Crippen LogP contribution is -2.34. The predicted octanol–water partition coefficient (Wildman–Crippen LogP) is 4.22. The standard InChI is InChI=1S/C25H25BrN4O2/c26-20-10-11-22-21(15-20)25(32)30(16-23(31)28-13-5-1-4-12-27)24(29-22)19-9-8-17-6-2-3-7-18(17)14-19/h2-3,6-11,14-15H,1,4-5,12-13,16,27H2,(H,28,31). The van der Waals surface area contributed by atoms with E-state index in [0.717, 1.165) is 40.1 Å². The molecule has 0 aliphatic carbocycles. The minimum absolute atomic E-state index is 0.0899. The molecule has 1 aromatic heterocycles. The molecular weight excluding hydrogens is 468 g/mol. The molecule has 0 radical (unpaired) electrons. The van der Waals surface area contributed by atoms with Gasteiger partial charge in [-0.25, -0.2) is 4.98 Å². The van der Waals surface area contributed by atoms with Crippen LogP contribution in [-0.4, -0.2) is 28.5 Å². The first kappa shape index (κ1) is 22.2. The van der Waals surface area contributed by atoms with Crippen molar-refractivity contribution in [3.63, 3.8) is 0 Å². The van der Waals surface area contributed by atoms with Crippen LogP contribution < -0.4 is 16.6 Å². The van der Waals surface area contributed by atoms with E-state index in [0.29, 0.717) is 29.8 Å². The summed E-state index contributed by atoms with van der Waals surface area (Å²) in [5.74, 6) is 0.270. The Morgan fingerprint density at radius 2 is 1.81 bits per heavy atom. The number of amides is 1. The zero-order valence-corrected chi connectivity index (χ0v) is 19.3. The van der Waals surface area contributed by atoms with Crippen molar-refractivity contribution in [3.05, 3.63) is 75.5 Å². The molecule has 32 heavy (non-hydrogen) atoms. The quantitative estimate of drug-likeness (QED) is 0.360. The van der Waals surface area contributed by atoms with Gasteiger partial charge in [0.15, 0.2) is 0 Å². The molecule has 0 aliphatic heterocycles. The van der Waals surface area contributed by atoms with Crippen LogP contribution in [0, 0.1) is 0 Å². The molecule has 3 aromatic carbocycles. The van der Waals surface area contributed by atoms with Crippen molar-refractivity contribution >= 4 is 43.5 Å². The fourth-order valence-electron chi connectivity index (χ4n) is 3.76. The largest absolute Gasteiger partial charge is 0.355 e. The molecule has 164 valence electrons. The van der Waals surface area contributed by atoms with Gasteiger partial charge in [-0.05, 0) is 54.4 Å². The van der Waals surface area contributed by atoms with Crippen LogP contribution in [0.15, 0.2) is 69.9 Å². The molecule has 0 saturated heterocycles. The van der Waals surface area contributed by atoms with Crippen LogP contribution in [0.2, 0.25) is 0 Å². The van der Waals surface area contributed by atoms with Gasteiger partial charge < -0.3 is 11.1 Å². The van der Waals surface area contributed by atoms with Crippen LogP contribution in [-0.2, 0) is 11.3 Å². The number of rotatable bonds is 8. The fourth-order valence-corrected chi connectivity index (χ4v) is 4.12. The zero-order chi connectivity index (χ0) is 22.5. The van der Waals surface area contributed by atoms with Gasteiger partial charge in [0, 0.05) is 16.6 Å². The number of benzene rings is 3. The van der Waals surface area contributed by atoms with Crippen molar-refractivity contribution < 1.29 is 4.79 Å². The topological polar surface area (TPSA) is 90.0 Å². The number of hydrogen-bond donors (Lipinski definition) is 2. The molecule has 4 aromatic rings. The fraction of sp³-hybridized carbons (Fsp3) is 0.240. The van der Waals surface area contributed by atoms with Gasteiger partial charge >= 0.3 is 0 Å². The molecule has 0 unspecified atom stereocenters. The number of carbonyl (C=O) groups is 1. The van der Waals surface area contributed by atoms with Crippen LogP contribution in [0.1, 0.15) is 19.3 Å². The van der Waals surface area contributed by atoms with Crippen molar-refractivity contribution in [1.29, 1.82) is 0 Å². The highest BCUT2D eigenvalue weighted by atomic mass is 79.9. The Bertz CT molecular complexity index is 1330. The average Bonchev–Trinajstić information content (AvgIpc) is 2.80. The van der Waals surface area contributed by atoms with E-state index in [4.69, 9.17) is 10.7 Å². The third kappa shape index (κ3) is 4.89.